The molecule has 0 unspecified atom stereocenters. The molecule has 1 saturated heterocycles. The van der Waals surface area contributed by atoms with E-state index >= 15 is 0 Å². The van der Waals surface area contributed by atoms with Gasteiger partial charge in [0.25, 0.3) is 10.0 Å². The number of rotatable bonds is 4. The van der Waals surface area contributed by atoms with Gasteiger partial charge in [-0.15, -0.1) is 11.3 Å². The molecule has 5 nitrogen and oxygen atoms in total. The third-order valence-electron chi connectivity index (χ3n) is 3.80. The summed E-state index contributed by atoms with van der Waals surface area (Å²) in [6.45, 7) is 3.32. The van der Waals surface area contributed by atoms with Crippen molar-refractivity contribution in [3.8, 4) is 0 Å². The minimum Gasteiger partial charge on any atom is -0.326 e. The highest BCUT2D eigenvalue weighted by atomic mass is 32.2. The first kappa shape index (κ1) is 13.5. The summed E-state index contributed by atoms with van der Waals surface area (Å²) in [7, 11) is -3.31. The standard InChI is InChI=1S/C12H19N3O2S2/c13-8-10-7-12(18-9-10)19(16,17)15-5-3-14(4-6-15)11-1-2-11/h7,9,11H,1-6,8,13H2. The van der Waals surface area contributed by atoms with E-state index in [1.807, 2.05) is 5.38 Å². The van der Waals surface area contributed by atoms with E-state index in [1.165, 1.54) is 24.2 Å². The van der Waals surface area contributed by atoms with Crippen LogP contribution in [0.4, 0.5) is 0 Å². The molecule has 2 aliphatic rings. The minimum atomic E-state index is -3.31. The predicted octanol–water partition coefficient (Wildman–Crippen LogP) is 0.675. The Balaban J connectivity index is 1.70. The quantitative estimate of drug-likeness (QED) is 0.888. The van der Waals surface area contributed by atoms with Gasteiger partial charge in [-0.25, -0.2) is 8.42 Å². The normalized spacial score (nSPS) is 22.8. The van der Waals surface area contributed by atoms with Crippen molar-refractivity contribution in [2.45, 2.75) is 29.6 Å². The molecule has 2 N–H and O–H groups in total. The Morgan fingerprint density at radius 2 is 1.95 bits per heavy atom. The van der Waals surface area contributed by atoms with Gasteiger partial charge in [-0.05, 0) is 29.9 Å². The molecule has 3 rings (SSSR count). The smallest absolute Gasteiger partial charge is 0.252 e. The first-order valence-corrected chi connectivity index (χ1v) is 8.95. The lowest BCUT2D eigenvalue weighted by atomic mass is 10.3. The van der Waals surface area contributed by atoms with E-state index in [0.717, 1.165) is 24.7 Å². The van der Waals surface area contributed by atoms with E-state index in [2.05, 4.69) is 4.90 Å². The van der Waals surface area contributed by atoms with Gasteiger partial charge < -0.3 is 5.73 Å². The van der Waals surface area contributed by atoms with Crippen molar-refractivity contribution in [2.24, 2.45) is 5.73 Å². The summed E-state index contributed by atoms with van der Waals surface area (Å²) >= 11 is 1.27. The molecule has 2 heterocycles. The summed E-state index contributed by atoms with van der Waals surface area (Å²) in [5, 5.41) is 1.83. The molecule has 1 aliphatic carbocycles. The van der Waals surface area contributed by atoms with Gasteiger partial charge in [0.05, 0.1) is 0 Å². The Labute approximate surface area is 118 Å². The van der Waals surface area contributed by atoms with E-state index in [4.69, 9.17) is 5.73 Å². The second-order valence-corrected chi connectivity index (χ2v) is 8.23. The van der Waals surface area contributed by atoms with Gasteiger partial charge in [0, 0.05) is 38.8 Å². The van der Waals surface area contributed by atoms with Crippen LogP contribution in [0.25, 0.3) is 0 Å². The molecule has 0 aromatic carbocycles. The van der Waals surface area contributed by atoms with Crippen LogP contribution >= 0.6 is 11.3 Å². The van der Waals surface area contributed by atoms with Gasteiger partial charge >= 0.3 is 0 Å². The maximum atomic E-state index is 12.5. The minimum absolute atomic E-state index is 0.390. The molecular formula is C12H19N3O2S2. The molecule has 0 amide bonds. The van der Waals surface area contributed by atoms with Crippen molar-refractivity contribution in [3.63, 3.8) is 0 Å². The summed E-state index contributed by atoms with van der Waals surface area (Å²) < 4.78 is 27.0. The molecule has 106 valence electrons. The topological polar surface area (TPSA) is 66.6 Å². The molecule has 1 aromatic rings. The molecule has 0 spiro atoms. The lowest BCUT2D eigenvalue weighted by Gasteiger charge is -2.33. The zero-order valence-corrected chi connectivity index (χ0v) is 12.4. The maximum Gasteiger partial charge on any atom is 0.252 e. The monoisotopic (exact) mass is 301 g/mol. The highest BCUT2D eigenvalue weighted by Crippen LogP contribution is 2.29. The average molecular weight is 301 g/mol. The summed E-state index contributed by atoms with van der Waals surface area (Å²) in [6.07, 6.45) is 2.55. The first-order valence-electron chi connectivity index (χ1n) is 6.63. The van der Waals surface area contributed by atoms with E-state index in [0.29, 0.717) is 23.8 Å². The molecule has 1 aromatic heterocycles. The number of thiophene rings is 1. The van der Waals surface area contributed by atoms with Crippen molar-refractivity contribution >= 4 is 21.4 Å². The predicted molar refractivity (Wildman–Crippen MR) is 75.6 cm³/mol. The molecule has 1 saturated carbocycles. The summed E-state index contributed by atoms with van der Waals surface area (Å²) in [5.74, 6) is 0. The second-order valence-electron chi connectivity index (χ2n) is 5.15. The summed E-state index contributed by atoms with van der Waals surface area (Å²) in [5.41, 5.74) is 6.42. The van der Waals surface area contributed by atoms with Crippen LogP contribution in [0.1, 0.15) is 18.4 Å². The third kappa shape index (κ3) is 2.71. The zero-order chi connectivity index (χ0) is 13.5. The first-order chi connectivity index (χ1) is 9.11. The van der Waals surface area contributed by atoms with E-state index in [9.17, 15) is 8.42 Å². The van der Waals surface area contributed by atoms with Crippen LogP contribution in [0.5, 0.6) is 0 Å². The molecule has 2 fully saturated rings. The van der Waals surface area contributed by atoms with Crippen molar-refractivity contribution in [1.29, 1.82) is 0 Å². The van der Waals surface area contributed by atoms with Gasteiger partial charge in [-0.3, -0.25) is 4.90 Å². The number of hydrogen-bond acceptors (Lipinski definition) is 5. The SMILES string of the molecule is NCc1csc(S(=O)(=O)N2CCN(C3CC3)CC2)c1. The van der Waals surface area contributed by atoms with Gasteiger partial charge in [0.1, 0.15) is 4.21 Å². The number of sulfonamides is 1. The van der Waals surface area contributed by atoms with Crippen molar-refractivity contribution in [2.75, 3.05) is 26.2 Å². The summed E-state index contributed by atoms with van der Waals surface area (Å²) in [6, 6.07) is 2.42. The average Bonchev–Trinajstić information content (AvgIpc) is 3.15. The largest absolute Gasteiger partial charge is 0.326 e. The number of piperazine rings is 1. The molecule has 19 heavy (non-hydrogen) atoms. The Hall–Kier alpha value is -0.470. The Bertz CT molecular complexity index is 543. The van der Waals surface area contributed by atoms with Crippen molar-refractivity contribution < 1.29 is 8.42 Å². The summed E-state index contributed by atoms with van der Waals surface area (Å²) in [4.78, 5) is 2.41. The van der Waals surface area contributed by atoms with E-state index in [1.54, 1.807) is 10.4 Å². The zero-order valence-electron chi connectivity index (χ0n) is 10.8. The van der Waals surface area contributed by atoms with Crippen LogP contribution in [0.3, 0.4) is 0 Å². The third-order valence-corrected chi connectivity index (χ3v) is 7.16. The number of nitrogens with zero attached hydrogens (tertiary/aromatic N) is 2. The molecule has 1 aliphatic heterocycles. The van der Waals surface area contributed by atoms with E-state index < -0.39 is 10.0 Å². The fraction of sp³-hybridized carbons (Fsp3) is 0.667. The molecule has 0 bridgehead atoms. The maximum absolute atomic E-state index is 12.5. The second kappa shape index (κ2) is 5.14. The molecular weight excluding hydrogens is 282 g/mol. The fourth-order valence-corrected chi connectivity index (χ4v) is 5.27. The number of nitrogens with two attached hydrogens (primary N) is 1. The lowest BCUT2D eigenvalue weighted by molar-refractivity contribution is 0.181. The molecule has 0 atom stereocenters. The molecule has 7 heteroatoms. The van der Waals surface area contributed by atoms with Gasteiger partial charge in [-0.2, -0.15) is 4.31 Å². The lowest BCUT2D eigenvalue weighted by Crippen LogP contribution is -2.49. The van der Waals surface area contributed by atoms with Crippen LogP contribution in [0.15, 0.2) is 15.7 Å². The Morgan fingerprint density at radius 1 is 1.26 bits per heavy atom. The van der Waals surface area contributed by atoms with Crippen LogP contribution in [-0.2, 0) is 16.6 Å². The van der Waals surface area contributed by atoms with Gasteiger partial charge in [0.15, 0.2) is 0 Å². The molecule has 0 radical (unpaired) electrons. The van der Waals surface area contributed by atoms with Gasteiger partial charge in [-0.1, -0.05) is 0 Å². The Morgan fingerprint density at radius 3 is 2.47 bits per heavy atom. The van der Waals surface area contributed by atoms with Crippen LogP contribution in [0.2, 0.25) is 0 Å². The van der Waals surface area contributed by atoms with Crippen molar-refractivity contribution in [3.05, 3.63) is 17.0 Å². The fourth-order valence-electron chi connectivity index (χ4n) is 2.47. The van der Waals surface area contributed by atoms with Crippen molar-refractivity contribution in [1.82, 2.24) is 9.21 Å². The van der Waals surface area contributed by atoms with E-state index in [-0.39, 0.29) is 0 Å². The van der Waals surface area contributed by atoms with Crippen LogP contribution < -0.4 is 5.73 Å². The highest BCUT2D eigenvalue weighted by molar-refractivity contribution is 7.91. The van der Waals surface area contributed by atoms with Gasteiger partial charge in [0.2, 0.25) is 0 Å². The van der Waals surface area contributed by atoms with Crippen LogP contribution in [-0.4, -0.2) is 49.8 Å². The number of hydrogen-bond donors (Lipinski definition) is 1. The van der Waals surface area contributed by atoms with Crippen LogP contribution in [0, 0.1) is 0 Å². The highest BCUT2D eigenvalue weighted by Gasteiger charge is 2.35. The Kier molecular flexibility index (Phi) is 3.65.